The summed E-state index contributed by atoms with van der Waals surface area (Å²) in [5.74, 6) is -0.318. The zero-order valence-electron chi connectivity index (χ0n) is 11.1. The van der Waals surface area contributed by atoms with Crippen LogP contribution in [0.1, 0.15) is 17.4 Å². The molecule has 1 nitrogen and oxygen atoms in total. The van der Waals surface area contributed by atoms with Gasteiger partial charge in [-0.05, 0) is 43.1 Å². The van der Waals surface area contributed by atoms with Crippen LogP contribution >= 0.6 is 34.5 Å². The third-order valence-corrected chi connectivity index (χ3v) is 4.61. The lowest BCUT2D eigenvalue weighted by Gasteiger charge is -2.18. The van der Waals surface area contributed by atoms with Crippen molar-refractivity contribution in [2.45, 2.75) is 25.8 Å². The van der Waals surface area contributed by atoms with Gasteiger partial charge in [-0.2, -0.15) is 0 Å². The second-order valence-electron chi connectivity index (χ2n) is 4.58. The molecule has 0 fully saturated rings. The highest BCUT2D eigenvalue weighted by Gasteiger charge is 2.14. The lowest BCUT2D eigenvalue weighted by atomic mass is 10.0. The fraction of sp³-hybridized carbons (Fsp3) is 0.333. The maximum absolute atomic E-state index is 14.0. The Morgan fingerprint density at radius 2 is 2.00 bits per heavy atom. The predicted octanol–water partition coefficient (Wildman–Crippen LogP) is 4.96. The van der Waals surface area contributed by atoms with E-state index >= 15 is 0 Å². The first-order valence-corrected chi connectivity index (χ1v) is 8.08. The number of thiophene rings is 1. The number of halogens is 3. The molecule has 1 unspecified atom stereocenters. The smallest absolute Gasteiger partial charge is 0.145 e. The van der Waals surface area contributed by atoms with E-state index in [4.69, 9.17) is 23.2 Å². The van der Waals surface area contributed by atoms with Gasteiger partial charge in [0.05, 0.1) is 9.36 Å². The average molecular weight is 332 g/mol. The minimum atomic E-state index is -0.318. The van der Waals surface area contributed by atoms with Crippen molar-refractivity contribution in [3.8, 4) is 0 Å². The van der Waals surface area contributed by atoms with E-state index in [0.29, 0.717) is 12.0 Å². The molecule has 108 valence electrons. The Morgan fingerprint density at radius 3 is 2.65 bits per heavy atom. The molecule has 20 heavy (non-hydrogen) atoms. The Bertz CT molecular complexity index is 571. The summed E-state index contributed by atoms with van der Waals surface area (Å²) in [5.41, 5.74) is 0.645. The number of nitrogens with one attached hydrogen (secondary N) is 1. The maximum Gasteiger partial charge on any atom is 0.145 e. The first-order valence-electron chi connectivity index (χ1n) is 6.50. The largest absolute Gasteiger partial charge is 0.314 e. The van der Waals surface area contributed by atoms with Crippen molar-refractivity contribution in [2.24, 2.45) is 0 Å². The Morgan fingerprint density at radius 1 is 1.20 bits per heavy atom. The van der Waals surface area contributed by atoms with Crippen molar-refractivity contribution in [2.75, 3.05) is 6.54 Å². The van der Waals surface area contributed by atoms with Gasteiger partial charge in [-0.1, -0.05) is 42.3 Å². The van der Waals surface area contributed by atoms with Crippen molar-refractivity contribution in [1.82, 2.24) is 5.32 Å². The minimum Gasteiger partial charge on any atom is -0.314 e. The number of hydrogen-bond donors (Lipinski definition) is 1. The average Bonchev–Trinajstić information content (AvgIpc) is 2.81. The molecule has 1 aromatic carbocycles. The third kappa shape index (κ3) is 4.19. The second kappa shape index (κ2) is 7.41. The summed E-state index contributed by atoms with van der Waals surface area (Å²) in [6.07, 6.45) is 1.44. The molecule has 0 saturated heterocycles. The topological polar surface area (TPSA) is 12.0 Å². The van der Waals surface area contributed by atoms with E-state index in [1.54, 1.807) is 29.5 Å². The standard InChI is InChI=1S/C15H16Cl2FNS/c1-2-19-11(9-12-6-7-14(17)20-12)8-10-4-3-5-13(16)15(10)18/h3-7,11,19H,2,8-9H2,1H3. The zero-order valence-corrected chi connectivity index (χ0v) is 13.5. The summed E-state index contributed by atoms with van der Waals surface area (Å²) >= 11 is 13.3. The Hall–Kier alpha value is -0.610. The van der Waals surface area contributed by atoms with Crippen LogP contribution in [0.5, 0.6) is 0 Å². The summed E-state index contributed by atoms with van der Waals surface area (Å²) in [6, 6.07) is 9.22. The molecule has 1 aromatic heterocycles. The van der Waals surface area contributed by atoms with Crippen molar-refractivity contribution >= 4 is 34.5 Å². The van der Waals surface area contributed by atoms with Gasteiger partial charge in [0.2, 0.25) is 0 Å². The van der Waals surface area contributed by atoms with Crippen LogP contribution in [0.25, 0.3) is 0 Å². The molecule has 0 aliphatic rings. The van der Waals surface area contributed by atoms with Crippen LogP contribution < -0.4 is 5.32 Å². The first-order chi connectivity index (χ1) is 9.60. The molecular formula is C15H16Cl2FNS. The van der Waals surface area contributed by atoms with Crippen LogP contribution in [0.15, 0.2) is 30.3 Å². The van der Waals surface area contributed by atoms with E-state index in [0.717, 1.165) is 17.3 Å². The molecule has 1 heterocycles. The fourth-order valence-electron chi connectivity index (χ4n) is 2.18. The van der Waals surface area contributed by atoms with Gasteiger partial charge in [0, 0.05) is 10.9 Å². The quantitative estimate of drug-likeness (QED) is 0.789. The summed E-state index contributed by atoms with van der Waals surface area (Å²) in [5, 5.41) is 3.57. The summed E-state index contributed by atoms with van der Waals surface area (Å²) in [4.78, 5) is 1.20. The third-order valence-electron chi connectivity index (χ3n) is 3.07. The van der Waals surface area contributed by atoms with Crippen molar-refractivity contribution in [3.05, 3.63) is 55.9 Å². The fourth-order valence-corrected chi connectivity index (χ4v) is 3.54. The number of hydrogen-bond acceptors (Lipinski definition) is 2. The Balaban J connectivity index is 2.10. The maximum atomic E-state index is 14.0. The van der Waals surface area contributed by atoms with E-state index in [1.165, 1.54) is 4.88 Å². The lowest BCUT2D eigenvalue weighted by Crippen LogP contribution is -2.33. The molecule has 1 atom stereocenters. The van der Waals surface area contributed by atoms with Crippen LogP contribution in [0.4, 0.5) is 4.39 Å². The molecule has 0 saturated carbocycles. The molecule has 0 aliphatic heterocycles. The molecule has 0 radical (unpaired) electrons. The number of benzene rings is 1. The highest BCUT2D eigenvalue weighted by Crippen LogP contribution is 2.24. The highest BCUT2D eigenvalue weighted by molar-refractivity contribution is 7.16. The van der Waals surface area contributed by atoms with E-state index < -0.39 is 0 Å². The van der Waals surface area contributed by atoms with Gasteiger partial charge in [-0.25, -0.2) is 4.39 Å². The molecule has 2 aromatic rings. The molecule has 1 N–H and O–H groups in total. The number of rotatable bonds is 6. The van der Waals surface area contributed by atoms with Gasteiger partial charge in [-0.3, -0.25) is 0 Å². The van der Waals surface area contributed by atoms with Gasteiger partial charge in [0.15, 0.2) is 0 Å². The van der Waals surface area contributed by atoms with E-state index in [1.807, 2.05) is 19.1 Å². The zero-order chi connectivity index (χ0) is 14.5. The van der Waals surface area contributed by atoms with Crippen molar-refractivity contribution in [1.29, 1.82) is 0 Å². The monoisotopic (exact) mass is 331 g/mol. The van der Waals surface area contributed by atoms with Gasteiger partial charge in [-0.15, -0.1) is 11.3 Å². The number of likely N-dealkylation sites (N-methyl/N-ethyl adjacent to an activating group) is 1. The van der Waals surface area contributed by atoms with Gasteiger partial charge in [0.1, 0.15) is 5.82 Å². The summed E-state index contributed by atoms with van der Waals surface area (Å²) in [7, 11) is 0. The second-order valence-corrected chi connectivity index (χ2v) is 6.79. The molecule has 0 bridgehead atoms. The van der Waals surface area contributed by atoms with Crippen molar-refractivity contribution in [3.63, 3.8) is 0 Å². The summed E-state index contributed by atoms with van der Waals surface area (Å²) < 4.78 is 14.7. The van der Waals surface area contributed by atoms with E-state index in [9.17, 15) is 4.39 Å². The molecule has 0 spiro atoms. The Kier molecular flexibility index (Phi) is 5.85. The van der Waals surface area contributed by atoms with E-state index in [2.05, 4.69) is 5.32 Å². The molecular weight excluding hydrogens is 316 g/mol. The van der Waals surface area contributed by atoms with Crippen LogP contribution in [-0.4, -0.2) is 12.6 Å². The van der Waals surface area contributed by atoms with Crippen LogP contribution in [0.2, 0.25) is 9.36 Å². The Labute approximate surface area is 132 Å². The van der Waals surface area contributed by atoms with Gasteiger partial charge in [0.25, 0.3) is 0 Å². The van der Waals surface area contributed by atoms with Crippen LogP contribution in [0, 0.1) is 5.82 Å². The van der Waals surface area contributed by atoms with Crippen molar-refractivity contribution < 1.29 is 4.39 Å². The van der Waals surface area contributed by atoms with Crippen LogP contribution in [-0.2, 0) is 12.8 Å². The van der Waals surface area contributed by atoms with Gasteiger partial charge < -0.3 is 5.32 Å². The summed E-state index contributed by atoms with van der Waals surface area (Å²) in [6.45, 7) is 2.88. The molecule has 2 rings (SSSR count). The minimum absolute atomic E-state index is 0.169. The SMILES string of the molecule is CCNC(Cc1ccc(Cl)s1)Cc1cccc(Cl)c1F. The van der Waals surface area contributed by atoms with E-state index in [-0.39, 0.29) is 16.9 Å². The lowest BCUT2D eigenvalue weighted by molar-refractivity contribution is 0.508. The molecule has 0 aliphatic carbocycles. The van der Waals surface area contributed by atoms with Gasteiger partial charge >= 0.3 is 0 Å². The molecule has 0 amide bonds. The van der Waals surface area contributed by atoms with Crippen LogP contribution in [0.3, 0.4) is 0 Å². The highest BCUT2D eigenvalue weighted by atomic mass is 35.5. The normalized spacial score (nSPS) is 12.6. The molecule has 5 heteroatoms. The predicted molar refractivity (Wildman–Crippen MR) is 85.6 cm³/mol. The first kappa shape index (κ1) is 15.8.